The molecule has 0 unspecified atom stereocenters. The first-order valence-corrected chi connectivity index (χ1v) is 9.91. The van der Waals surface area contributed by atoms with Gasteiger partial charge in [0.2, 0.25) is 0 Å². The number of hydrazone groups is 1. The Kier molecular flexibility index (Phi) is 14.0. The monoisotopic (exact) mass is 411 g/mol. The van der Waals surface area contributed by atoms with Crippen molar-refractivity contribution in [1.82, 2.24) is 15.3 Å². The Labute approximate surface area is 153 Å². The van der Waals surface area contributed by atoms with Crippen molar-refractivity contribution in [3.8, 4) is 0 Å². The molecule has 0 bridgehead atoms. The molecule has 8 heteroatoms. The molecule has 0 atom stereocenters. The summed E-state index contributed by atoms with van der Waals surface area (Å²) in [6, 6.07) is 5.83. The molecule has 4 nitrogen and oxygen atoms in total. The normalized spacial score (nSPS) is 10.2. The van der Waals surface area contributed by atoms with Crippen molar-refractivity contribution < 1.29 is 13.1 Å². The van der Waals surface area contributed by atoms with E-state index in [0.29, 0.717) is 5.11 Å². The molecule has 0 aliphatic heterocycles. The van der Waals surface area contributed by atoms with Gasteiger partial charge in [-0.05, 0) is 44.1 Å². The summed E-state index contributed by atoms with van der Waals surface area (Å²) in [7, 11) is 9.34. The molecule has 0 fully saturated rings. The van der Waals surface area contributed by atoms with Gasteiger partial charge in [-0.25, -0.2) is 0 Å². The van der Waals surface area contributed by atoms with Crippen molar-refractivity contribution >= 4 is 43.7 Å². The minimum atomic E-state index is 0.674. The molecule has 0 aliphatic rings. The Morgan fingerprint density at radius 1 is 1.36 bits per heavy atom. The Morgan fingerprint density at radius 3 is 2.45 bits per heavy atom. The van der Waals surface area contributed by atoms with Crippen LogP contribution in [0.2, 0.25) is 0 Å². The van der Waals surface area contributed by atoms with Crippen LogP contribution in [0, 0.1) is 6.92 Å². The third-order valence-electron chi connectivity index (χ3n) is 2.54. The van der Waals surface area contributed by atoms with E-state index in [1.807, 2.05) is 25.1 Å². The van der Waals surface area contributed by atoms with Crippen LogP contribution in [-0.2, 0) is 13.1 Å². The zero-order chi connectivity index (χ0) is 16.8. The van der Waals surface area contributed by atoms with Crippen molar-refractivity contribution in [3.63, 3.8) is 0 Å². The van der Waals surface area contributed by atoms with E-state index >= 15 is 0 Å². The van der Waals surface area contributed by atoms with Gasteiger partial charge in [0, 0.05) is 18.8 Å². The van der Waals surface area contributed by atoms with Crippen LogP contribution in [0.15, 0.2) is 23.3 Å². The van der Waals surface area contributed by atoms with Crippen molar-refractivity contribution in [2.75, 3.05) is 13.1 Å². The standard InChI is InChI=1S/C14H22N4S.2ClH.Cu/c1-4-9-18(10-5-2)14(19)17-15-11-13-8-6-7-12(3)16-13;;;/h6-8,11H,4-5,9-10H2,1-3H3,(H,17,19);2*1H;/q;;;+2/p-2. The van der Waals surface area contributed by atoms with Gasteiger partial charge in [-0.15, -0.1) is 0 Å². The molecule has 1 aromatic rings. The number of hydrogen-bond donors (Lipinski definition) is 1. The average molecular weight is 413 g/mol. The van der Waals surface area contributed by atoms with Crippen molar-refractivity contribution in [3.05, 3.63) is 29.6 Å². The fourth-order valence-corrected chi connectivity index (χ4v) is 1.95. The van der Waals surface area contributed by atoms with Crippen LogP contribution in [0.1, 0.15) is 38.1 Å². The Hall–Kier alpha value is -0.391. The van der Waals surface area contributed by atoms with Gasteiger partial charge in [0.15, 0.2) is 5.11 Å². The van der Waals surface area contributed by atoms with E-state index in [-0.39, 0.29) is 0 Å². The zero-order valence-electron chi connectivity index (χ0n) is 12.9. The number of hydrogen-bond acceptors (Lipinski definition) is 3. The van der Waals surface area contributed by atoms with E-state index in [2.05, 4.69) is 54.5 Å². The van der Waals surface area contributed by atoms with Crippen LogP contribution in [0.25, 0.3) is 0 Å². The molecule has 0 aromatic carbocycles. The molecule has 0 saturated heterocycles. The van der Waals surface area contributed by atoms with Gasteiger partial charge >= 0.3 is 33.3 Å². The number of aryl methyl sites for hydroxylation is 1. The summed E-state index contributed by atoms with van der Waals surface area (Å²) in [5.41, 5.74) is 4.71. The summed E-state index contributed by atoms with van der Waals surface area (Å²) in [5, 5.41) is 4.82. The summed E-state index contributed by atoms with van der Waals surface area (Å²) in [5.74, 6) is 0. The molecule has 0 radical (unpaired) electrons. The van der Waals surface area contributed by atoms with Gasteiger partial charge in [0.25, 0.3) is 0 Å². The second-order valence-corrected chi connectivity index (χ2v) is 6.35. The number of aromatic nitrogens is 1. The summed E-state index contributed by atoms with van der Waals surface area (Å²) in [6.45, 7) is 8.16. The van der Waals surface area contributed by atoms with Gasteiger partial charge in [-0.3, -0.25) is 10.4 Å². The van der Waals surface area contributed by atoms with Crippen LogP contribution >= 0.6 is 32.4 Å². The second-order valence-electron chi connectivity index (χ2n) is 4.41. The van der Waals surface area contributed by atoms with Gasteiger partial charge in [-0.1, -0.05) is 19.9 Å². The molecule has 1 N–H and O–H groups in total. The molecule has 0 saturated carbocycles. The second kappa shape index (κ2) is 14.2. The Morgan fingerprint density at radius 2 is 1.95 bits per heavy atom. The van der Waals surface area contributed by atoms with Crippen molar-refractivity contribution in [2.45, 2.75) is 33.6 Å². The molecular formula is C14H22Cl2CuN4S. The maximum atomic E-state index is 5.33. The number of thiocarbonyl (C=S) groups is 1. The van der Waals surface area contributed by atoms with Gasteiger partial charge in [-0.2, -0.15) is 5.10 Å². The quantitative estimate of drug-likeness (QED) is 0.330. The minimum absolute atomic E-state index is 0.674. The Bertz CT molecular complexity index is 454. The van der Waals surface area contributed by atoms with E-state index in [9.17, 15) is 0 Å². The summed E-state index contributed by atoms with van der Waals surface area (Å²) < 4.78 is 0. The molecular weight excluding hydrogens is 391 g/mol. The third kappa shape index (κ3) is 10.4. The molecule has 1 aromatic heterocycles. The topological polar surface area (TPSA) is 40.5 Å². The first-order valence-electron chi connectivity index (χ1n) is 6.91. The van der Waals surface area contributed by atoms with Crippen LogP contribution in [-0.4, -0.2) is 34.3 Å². The van der Waals surface area contributed by atoms with Gasteiger partial charge in [0.05, 0.1) is 11.9 Å². The van der Waals surface area contributed by atoms with Crippen LogP contribution in [0.5, 0.6) is 0 Å². The summed E-state index contributed by atoms with van der Waals surface area (Å²) >= 11 is 6.09. The van der Waals surface area contributed by atoms with Gasteiger partial charge < -0.3 is 4.90 Å². The van der Waals surface area contributed by atoms with E-state index in [0.717, 1.165) is 50.5 Å². The number of rotatable bonds is 6. The molecule has 22 heavy (non-hydrogen) atoms. The Balaban J connectivity index is 0.00000135. The van der Waals surface area contributed by atoms with Crippen LogP contribution in [0.3, 0.4) is 0 Å². The number of pyridine rings is 1. The average Bonchev–Trinajstić information content (AvgIpc) is 2.48. The van der Waals surface area contributed by atoms with Crippen LogP contribution in [0.4, 0.5) is 0 Å². The summed E-state index contributed by atoms with van der Waals surface area (Å²) in [4.78, 5) is 6.48. The van der Waals surface area contributed by atoms with E-state index in [1.165, 1.54) is 0 Å². The molecule has 0 amide bonds. The number of halogens is 2. The molecule has 1 rings (SSSR count). The van der Waals surface area contributed by atoms with Crippen molar-refractivity contribution in [1.29, 1.82) is 0 Å². The number of nitrogens with one attached hydrogen (secondary N) is 1. The molecule has 0 spiro atoms. The molecule has 129 valence electrons. The first-order chi connectivity index (χ1) is 10.6. The number of nitrogens with zero attached hydrogens (tertiary/aromatic N) is 3. The molecule has 1 heterocycles. The van der Waals surface area contributed by atoms with Crippen molar-refractivity contribution in [2.24, 2.45) is 5.10 Å². The van der Waals surface area contributed by atoms with Gasteiger partial charge in [0.1, 0.15) is 0 Å². The fourth-order valence-electron chi connectivity index (χ4n) is 1.72. The maximum absolute atomic E-state index is 5.33. The predicted octanol–water partition coefficient (Wildman–Crippen LogP) is 4.10. The SMILES string of the molecule is CCCN(CCC)C(=S)NN=Cc1cccc(C)n1.[Cl][Cu][Cl]. The van der Waals surface area contributed by atoms with E-state index in [4.69, 9.17) is 12.2 Å². The zero-order valence-corrected chi connectivity index (χ0v) is 16.2. The van der Waals surface area contributed by atoms with Crippen LogP contribution < -0.4 is 5.43 Å². The van der Waals surface area contributed by atoms with E-state index < -0.39 is 0 Å². The predicted molar refractivity (Wildman–Crippen MR) is 96.2 cm³/mol. The summed E-state index contributed by atoms with van der Waals surface area (Å²) in [6.07, 6.45) is 3.84. The van der Waals surface area contributed by atoms with E-state index in [1.54, 1.807) is 6.21 Å². The fraction of sp³-hybridized carbons (Fsp3) is 0.500. The first kappa shape index (κ1) is 21.6. The third-order valence-corrected chi connectivity index (χ3v) is 2.89. The molecule has 0 aliphatic carbocycles.